The summed E-state index contributed by atoms with van der Waals surface area (Å²) in [7, 11) is -4.12. The van der Waals surface area contributed by atoms with Crippen LogP contribution in [0.4, 0.5) is 0 Å². The van der Waals surface area contributed by atoms with Crippen LogP contribution in [0.15, 0.2) is 36.5 Å². The normalized spacial score (nSPS) is 29.6. The number of aromatic nitrogens is 3. The first-order chi connectivity index (χ1) is 12.3. The van der Waals surface area contributed by atoms with Gasteiger partial charge >= 0.3 is 0 Å². The fourth-order valence-corrected chi connectivity index (χ4v) is 4.33. The molecular formula is C15H19N3O7S. The SMILES string of the molecule is O=S(=O)(Cc1cn(-c2ccccc2)nn1)[C@@H]1O[C@H](CO)[C@@H](O)[C@H](O)[C@H]1O. The van der Waals surface area contributed by atoms with E-state index in [1.54, 1.807) is 24.3 Å². The summed E-state index contributed by atoms with van der Waals surface area (Å²) in [4.78, 5) is 0. The van der Waals surface area contributed by atoms with Crippen molar-refractivity contribution >= 4 is 9.84 Å². The van der Waals surface area contributed by atoms with Crippen LogP contribution in [0.3, 0.4) is 0 Å². The molecule has 0 bridgehead atoms. The van der Waals surface area contributed by atoms with Crippen LogP contribution >= 0.6 is 0 Å². The van der Waals surface area contributed by atoms with E-state index in [0.29, 0.717) is 5.69 Å². The number of ether oxygens (including phenoxy) is 1. The molecule has 142 valence electrons. The second-order valence-corrected chi connectivity index (χ2v) is 8.07. The fraction of sp³-hybridized carbons (Fsp3) is 0.467. The summed E-state index contributed by atoms with van der Waals surface area (Å²) in [5.74, 6) is -0.595. The highest BCUT2D eigenvalue weighted by atomic mass is 32.2. The van der Waals surface area contributed by atoms with Gasteiger partial charge in [-0.15, -0.1) is 5.10 Å². The standard InChI is InChI=1S/C15H19N3O7S/c19-7-11-12(20)13(21)14(22)15(25-11)26(23,24)8-9-6-18(17-16-9)10-4-2-1-3-5-10/h1-6,11-15,19-22H,7-8H2/t11-,12-,13+,14-,15+/m1/s1. The molecule has 5 atom stereocenters. The number of nitrogens with zero attached hydrogens (tertiary/aromatic N) is 3. The van der Waals surface area contributed by atoms with E-state index in [0.717, 1.165) is 0 Å². The Bertz CT molecular complexity index is 840. The summed E-state index contributed by atoms with van der Waals surface area (Å²) in [5.41, 5.74) is -0.998. The van der Waals surface area contributed by atoms with Crippen molar-refractivity contribution in [3.63, 3.8) is 0 Å². The van der Waals surface area contributed by atoms with Gasteiger partial charge in [0.25, 0.3) is 0 Å². The first kappa shape index (κ1) is 18.9. The molecule has 1 fully saturated rings. The molecule has 4 N–H and O–H groups in total. The predicted molar refractivity (Wildman–Crippen MR) is 87.8 cm³/mol. The van der Waals surface area contributed by atoms with E-state index in [1.807, 2.05) is 6.07 Å². The molecule has 0 amide bonds. The van der Waals surface area contributed by atoms with Crippen LogP contribution in [-0.4, -0.2) is 80.3 Å². The summed E-state index contributed by atoms with van der Waals surface area (Å²) in [6.45, 7) is -0.707. The first-order valence-corrected chi connectivity index (χ1v) is 9.54. The third-order valence-corrected chi connectivity index (χ3v) is 5.91. The Morgan fingerprint density at radius 1 is 1.08 bits per heavy atom. The Morgan fingerprint density at radius 2 is 1.77 bits per heavy atom. The molecule has 26 heavy (non-hydrogen) atoms. The molecule has 1 aromatic heterocycles. The second kappa shape index (κ2) is 7.39. The molecule has 0 saturated carbocycles. The van der Waals surface area contributed by atoms with Crippen LogP contribution in [0.5, 0.6) is 0 Å². The van der Waals surface area contributed by atoms with Crippen molar-refractivity contribution in [1.82, 2.24) is 15.0 Å². The largest absolute Gasteiger partial charge is 0.394 e. The number of benzene rings is 1. The first-order valence-electron chi connectivity index (χ1n) is 7.82. The summed E-state index contributed by atoms with van der Waals surface area (Å²) in [6.07, 6.45) is -5.12. The lowest BCUT2D eigenvalue weighted by Crippen LogP contribution is -2.60. The second-order valence-electron chi connectivity index (χ2n) is 5.99. The molecule has 1 aromatic carbocycles. The highest BCUT2D eigenvalue weighted by Gasteiger charge is 2.48. The van der Waals surface area contributed by atoms with E-state index in [2.05, 4.69) is 10.3 Å². The summed E-state index contributed by atoms with van der Waals surface area (Å²) in [5, 5.41) is 46.3. The number of sulfone groups is 1. The van der Waals surface area contributed by atoms with Crippen molar-refractivity contribution in [2.75, 3.05) is 6.61 Å². The van der Waals surface area contributed by atoms with Gasteiger partial charge in [0.1, 0.15) is 24.4 Å². The van der Waals surface area contributed by atoms with Crippen LogP contribution in [0.2, 0.25) is 0 Å². The Hall–Kier alpha value is -1.89. The van der Waals surface area contributed by atoms with E-state index in [4.69, 9.17) is 9.84 Å². The zero-order valence-electron chi connectivity index (χ0n) is 13.5. The Kier molecular flexibility index (Phi) is 5.37. The molecular weight excluding hydrogens is 366 g/mol. The molecule has 2 aromatic rings. The number of hydrogen-bond donors (Lipinski definition) is 4. The van der Waals surface area contributed by atoms with Gasteiger partial charge in [0, 0.05) is 0 Å². The van der Waals surface area contributed by atoms with Crippen molar-refractivity contribution < 1.29 is 33.6 Å². The van der Waals surface area contributed by atoms with Gasteiger partial charge in [-0.25, -0.2) is 13.1 Å². The maximum Gasteiger partial charge on any atom is 0.187 e. The third kappa shape index (κ3) is 3.63. The van der Waals surface area contributed by atoms with Crippen molar-refractivity contribution in [2.24, 2.45) is 0 Å². The number of hydrogen-bond acceptors (Lipinski definition) is 9. The fourth-order valence-electron chi connectivity index (χ4n) is 2.72. The Morgan fingerprint density at radius 3 is 2.42 bits per heavy atom. The van der Waals surface area contributed by atoms with E-state index < -0.39 is 52.0 Å². The number of para-hydroxylation sites is 1. The third-order valence-electron chi connectivity index (χ3n) is 4.11. The van der Waals surface area contributed by atoms with Crippen molar-refractivity contribution in [2.45, 2.75) is 35.6 Å². The minimum Gasteiger partial charge on any atom is -0.394 e. The average Bonchev–Trinajstić information content (AvgIpc) is 3.08. The zero-order chi connectivity index (χ0) is 18.9. The van der Waals surface area contributed by atoms with Crippen molar-refractivity contribution in [1.29, 1.82) is 0 Å². The van der Waals surface area contributed by atoms with Gasteiger partial charge in [-0.05, 0) is 12.1 Å². The van der Waals surface area contributed by atoms with Gasteiger partial charge in [0.05, 0.1) is 29.9 Å². The molecule has 1 aliphatic rings. The van der Waals surface area contributed by atoms with Gasteiger partial charge in [-0.3, -0.25) is 0 Å². The maximum atomic E-state index is 12.6. The lowest BCUT2D eigenvalue weighted by atomic mass is 10.0. The van der Waals surface area contributed by atoms with Crippen LogP contribution in [0, 0.1) is 0 Å². The minimum atomic E-state index is -4.12. The van der Waals surface area contributed by atoms with Crippen LogP contribution in [0.1, 0.15) is 5.69 Å². The average molecular weight is 385 g/mol. The molecule has 0 unspecified atom stereocenters. The van der Waals surface area contributed by atoms with Gasteiger partial charge < -0.3 is 25.2 Å². The number of rotatable bonds is 5. The van der Waals surface area contributed by atoms with Crippen LogP contribution in [-0.2, 0) is 20.3 Å². The number of aliphatic hydroxyl groups is 4. The summed E-state index contributed by atoms with van der Waals surface area (Å²) < 4.78 is 31.7. The molecule has 0 aliphatic carbocycles. The molecule has 11 heteroatoms. The quantitative estimate of drug-likeness (QED) is 0.456. The van der Waals surface area contributed by atoms with E-state index >= 15 is 0 Å². The van der Waals surface area contributed by atoms with Gasteiger partial charge in [-0.1, -0.05) is 23.4 Å². The molecule has 2 heterocycles. The summed E-state index contributed by atoms with van der Waals surface area (Å²) in [6, 6.07) is 8.95. The van der Waals surface area contributed by atoms with Gasteiger partial charge in [0.2, 0.25) is 0 Å². The van der Waals surface area contributed by atoms with E-state index in [9.17, 15) is 23.7 Å². The highest BCUT2D eigenvalue weighted by Crippen LogP contribution is 2.26. The topological polar surface area (TPSA) is 155 Å². The molecule has 3 rings (SSSR count). The highest BCUT2D eigenvalue weighted by molar-refractivity contribution is 7.91. The van der Waals surface area contributed by atoms with Gasteiger partial charge in [-0.2, -0.15) is 0 Å². The lowest BCUT2D eigenvalue weighted by Gasteiger charge is -2.39. The van der Waals surface area contributed by atoms with Crippen LogP contribution in [0.25, 0.3) is 5.69 Å². The van der Waals surface area contributed by atoms with E-state index in [1.165, 1.54) is 10.9 Å². The van der Waals surface area contributed by atoms with Crippen LogP contribution < -0.4 is 0 Å². The predicted octanol–water partition coefficient (Wildman–Crippen LogP) is -2.02. The molecule has 0 spiro atoms. The van der Waals surface area contributed by atoms with Crippen molar-refractivity contribution in [3.8, 4) is 5.69 Å². The Balaban J connectivity index is 1.79. The zero-order valence-corrected chi connectivity index (χ0v) is 14.3. The summed E-state index contributed by atoms with van der Waals surface area (Å²) >= 11 is 0. The molecule has 1 saturated heterocycles. The molecule has 1 aliphatic heterocycles. The van der Waals surface area contributed by atoms with Crippen molar-refractivity contribution in [3.05, 3.63) is 42.2 Å². The maximum absolute atomic E-state index is 12.6. The lowest BCUT2D eigenvalue weighted by molar-refractivity contribution is -0.207. The smallest absolute Gasteiger partial charge is 0.187 e. The Labute approximate surface area is 149 Å². The van der Waals surface area contributed by atoms with Gasteiger partial charge in [0.15, 0.2) is 15.3 Å². The van der Waals surface area contributed by atoms with E-state index in [-0.39, 0.29) is 5.69 Å². The monoisotopic (exact) mass is 385 g/mol. The molecule has 0 radical (unpaired) electrons. The minimum absolute atomic E-state index is 0.116. The number of aliphatic hydroxyl groups excluding tert-OH is 4. The molecule has 10 nitrogen and oxygen atoms in total.